The molecule has 0 saturated heterocycles. The van der Waals surface area contributed by atoms with Gasteiger partial charge in [-0.2, -0.15) is 0 Å². The molecule has 2 rings (SSSR count). The Labute approximate surface area is 151 Å². The molecule has 0 spiro atoms. The molecule has 1 N–H and O–H groups in total. The molecule has 2 aromatic carbocycles. The van der Waals surface area contributed by atoms with Crippen molar-refractivity contribution in [3.63, 3.8) is 0 Å². The topological polar surface area (TPSA) is 47.6 Å². The van der Waals surface area contributed by atoms with Crippen molar-refractivity contribution in [3.8, 4) is 11.5 Å². The van der Waals surface area contributed by atoms with Gasteiger partial charge in [-0.25, -0.2) is 0 Å². The quantitative estimate of drug-likeness (QED) is 0.787. The minimum absolute atomic E-state index is 0.0935. The second-order valence-electron chi connectivity index (χ2n) is 5.49. The predicted octanol–water partition coefficient (Wildman–Crippen LogP) is 4.52. The lowest BCUT2D eigenvalue weighted by atomic mass is 10.0. The van der Waals surface area contributed by atoms with Crippen LogP contribution >= 0.6 is 15.9 Å². The number of benzene rings is 2. The lowest BCUT2D eigenvalue weighted by Crippen LogP contribution is -2.26. The fourth-order valence-electron chi connectivity index (χ4n) is 2.41. The smallest absolute Gasteiger partial charge is 0.252 e. The van der Waals surface area contributed by atoms with Gasteiger partial charge >= 0.3 is 0 Å². The van der Waals surface area contributed by atoms with E-state index in [0.717, 1.165) is 12.0 Å². The Bertz CT molecular complexity index is 688. The number of nitrogens with one attached hydrogen (secondary N) is 1. The number of amides is 1. The van der Waals surface area contributed by atoms with Gasteiger partial charge in [-0.05, 0) is 52.5 Å². The third kappa shape index (κ3) is 4.09. The van der Waals surface area contributed by atoms with Crippen LogP contribution in [-0.4, -0.2) is 20.1 Å². The molecule has 1 atom stereocenters. The highest BCUT2D eigenvalue weighted by atomic mass is 79.9. The molecule has 2 aromatic rings. The molecule has 24 heavy (non-hydrogen) atoms. The van der Waals surface area contributed by atoms with E-state index in [1.165, 1.54) is 5.56 Å². The number of hydrogen-bond acceptors (Lipinski definition) is 3. The Balaban J connectivity index is 2.19. The fraction of sp³-hybridized carbons (Fsp3) is 0.316. The summed E-state index contributed by atoms with van der Waals surface area (Å²) in [6.07, 6.45) is 1.000. The second kappa shape index (κ2) is 8.20. The summed E-state index contributed by atoms with van der Waals surface area (Å²) in [7, 11) is 3.11. The standard InChI is InChI=1S/C19H22BrNO3/c1-5-13-6-8-14(9-7-13)12(2)21-19(22)15-10-16(23-3)18(20)17(11-15)24-4/h6-12H,5H2,1-4H3,(H,21,22). The number of rotatable bonds is 6. The van der Waals surface area contributed by atoms with Crippen LogP contribution in [0.5, 0.6) is 11.5 Å². The molecule has 0 bridgehead atoms. The largest absolute Gasteiger partial charge is 0.495 e. The summed E-state index contributed by atoms with van der Waals surface area (Å²) < 4.78 is 11.3. The van der Waals surface area contributed by atoms with Gasteiger partial charge in [-0.3, -0.25) is 4.79 Å². The van der Waals surface area contributed by atoms with E-state index < -0.39 is 0 Å². The van der Waals surface area contributed by atoms with Crippen molar-refractivity contribution >= 4 is 21.8 Å². The molecule has 128 valence electrons. The molecule has 0 aliphatic rings. The molecule has 5 heteroatoms. The first-order chi connectivity index (χ1) is 11.5. The molecule has 0 heterocycles. The van der Waals surface area contributed by atoms with Gasteiger partial charge in [0.2, 0.25) is 0 Å². The van der Waals surface area contributed by atoms with Gasteiger partial charge in [0, 0.05) is 5.56 Å². The predicted molar refractivity (Wildman–Crippen MR) is 98.9 cm³/mol. The van der Waals surface area contributed by atoms with E-state index in [1.54, 1.807) is 26.4 Å². The summed E-state index contributed by atoms with van der Waals surface area (Å²) in [4.78, 5) is 12.6. The molecule has 0 radical (unpaired) electrons. The summed E-state index contributed by atoms with van der Waals surface area (Å²) in [5, 5.41) is 3.01. The summed E-state index contributed by atoms with van der Waals surface area (Å²) >= 11 is 3.40. The van der Waals surface area contributed by atoms with Crippen LogP contribution in [0.3, 0.4) is 0 Å². The minimum Gasteiger partial charge on any atom is -0.495 e. The average Bonchev–Trinajstić information content (AvgIpc) is 2.61. The highest BCUT2D eigenvalue weighted by Crippen LogP contribution is 2.35. The van der Waals surface area contributed by atoms with Crippen molar-refractivity contribution in [3.05, 3.63) is 57.6 Å². The maximum absolute atomic E-state index is 12.6. The molecule has 0 aliphatic carbocycles. The third-order valence-corrected chi connectivity index (χ3v) is 4.73. The summed E-state index contributed by atoms with van der Waals surface area (Å²) in [6.45, 7) is 4.08. The summed E-state index contributed by atoms with van der Waals surface area (Å²) in [6, 6.07) is 11.6. The van der Waals surface area contributed by atoms with E-state index in [4.69, 9.17) is 9.47 Å². The van der Waals surface area contributed by atoms with E-state index in [1.807, 2.05) is 19.1 Å². The van der Waals surface area contributed by atoms with Crippen LogP contribution in [0.1, 0.15) is 41.4 Å². The lowest BCUT2D eigenvalue weighted by Gasteiger charge is -2.16. The number of carbonyl (C=O) groups excluding carboxylic acids is 1. The average molecular weight is 392 g/mol. The molecule has 0 aliphatic heterocycles. The van der Waals surface area contributed by atoms with Crippen LogP contribution in [0.15, 0.2) is 40.9 Å². The van der Waals surface area contributed by atoms with Crippen molar-refractivity contribution in [1.82, 2.24) is 5.32 Å². The van der Waals surface area contributed by atoms with Crippen LogP contribution in [0.25, 0.3) is 0 Å². The maximum Gasteiger partial charge on any atom is 0.252 e. The van der Waals surface area contributed by atoms with E-state index in [2.05, 4.69) is 40.3 Å². The minimum atomic E-state index is -0.175. The highest BCUT2D eigenvalue weighted by molar-refractivity contribution is 9.10. The van der Waals surface area contributed by atoms with Gasteiger partial charge in [-0.15, -0.1) is 0 Å². The molecule has 0 saturated carbocycles. The molecule has 1 unspecified atom stereocenters. The number of ether oxygens (including phenoxy) is 2. The van der Waals surface area contributed by atoms with Crippen molar-refractivity contribution in [1.29, 1.82) is 0 Å². The first kappa shape index (κ1) is 18.3. The Hall–Kier alpha value is -2.01. The van der Waals surface area contributed by atoms with Gasteiger partial charge in [0.1, 0.15) is 16.0 Å². The van der Waals surface area contributed by atoms with Crippen LogP contribution in [0, 0.1) is 0 Å². The summed E-state index contributed by atoms with van der Waals surface area (Å²) in [5.41, 5.74) is 2.83. The molecule has 4 nitrogen and oxygen atoms in total. The van der Waals surface area contributed by atoms with Gasteiger partial charge in [0.05, 0.1) is 20.3 Å². The molecule has 1 amide bonds. The van der Waals surface area contributed by atoms with Crippen molar-refractivity contribution in [2.45, 2.75) is 26.3 Å². The van der Waals surface area contributed by atoms with E-state index >= 15 is 0 Å². The van der Waals surface area contributed by atoms with Crippen molar-refractivity contribution < 1.29 is 14.3 Å². The van der Waals surface area contributed by atoms with E-state index in [9.17, 15) is 4.79 Å². The molecular weight excluding hydrogens is 370 g/mol. The number of methoxy groups -OCH3 is 2. The number of halogens is 1. The zero-order valence-corrected chi connectivity index (χ0v) is 15.9. The van der Waals surface area contributed by atoms with Crippen LogP contribution < -0.4 is 14.8 Å². The molecule has 0 aromatic heterocycles. The van der Waals surface area contributed by atoms with Crippen LogP contribution in [-0.2, 0) is 6.42 Å². The van der Waals surface area contributed by atoms with Crippen LogP contribution in [0.4, 0.5) is 0 Å². The van der Waals surface area contributed by atoms with Crippen molar-refractivity contribution in [2.75, 3.05) is 14.2 Å². The van der Waals surface area contributed by atoms with E-state index in [0.29, 0.717) is 21.5 Å². The number of hydrogen-bond donors (Lipinski definition) is 1. The maximum atomic E-state index is 12.6. The van der Waals surface area contributed by atoms with Crippen molar-refractivity contribution in [2.24, 2.45) is 0 Å². The van der Waals surface area contributed by atoms with Gasteiger partial charge in [0.25, 0.3) is 5.91 Å². The second-order valence-corrected chi connectivity index (χ2v) is 6.28. The lowest BCUT2D eigenvalue weighted by molar-refractivity contribution is 0.0939. The first-order valence-electron chi connectivity index (χ1n) is 7.81. The fourth-order valence-corrected chi connectivity index (χ4v) is 2.96. The Kier molecular flexibility index (Phi) is 6.26. The number of aryl methyl sites for hydroxylation is 1. The van der Waals surface area contributed by atoms with Gasteiger partial charge < -0.3 is 14.8 Å². The Morgan fingerprint density at radius 3 is 2.12 bits per heavy atom. The van der Waals surface area contributed by atoms with E-state index in [-0.39, 0.29) is 11.9 Å². The zero-order chi connectivity index (χ0) is 17.7. The Morgan fingerprint density at radius 1 is 1.12 bits per heavy atom. The normalized spacial score (nSPS) is 11.7. The third-order valence-electron chi connectivity index (χ3n) is 3.94. The molecular formula is C19H22BrNO3. The van der Waals surface area contributed by atoms with Crippen LogP contribution in [0.2, 0.25) is 0 Å². The highest BCUT2D eigenvalue weighted by Gasteiger charge is 2.16. The number of carbonyl (C=O) groups is 1. The van der Waals surface area contributed by atoms with Gasteiger partial charge in [-0.1, -0.05) is 31.2 Å². The Morgan fingerprint density at radius 2 is 1.67 bits per heavy atom. The summed E-state index contributed by atoms with van der Waals surface area (Å²) in [5.74, 6) is 0.935. The monoisotopic (exact) mass is 391 g/mol. The molecule has 0 fully saturated rings. The van der Waals surface area contributed by atoms with Gasteiger partial charge in [0.15, 0.2) is 0 Å². The SMILES string of the molecule is CCc1ccc(C(C)NC(=O)c2cc(OC)c(Br)c(OC)c2)cc1. The zero-order valence-electron chi connectivity index (χ0n) is 14.4. The first-order valence-corrected chi connectivity index (χ1v) is 8.60.